The average Bonchev–Trinajstić information content (AvgIpc) is 3.08. The van der Waals surface area contributed by atoms with Crippen molar-refractivity contribution < 1.29 is 18.7 Å². The van der Waals surface area contributed by atoms with Crippen LogP contribution in [0.4, 0.5) is 4.39 Å². The zero-order chi connectivity index (χ0) is 21.4. The van der Waals surface area contributed by atoms with E-state index in [4.69, 9.17) is 15.2 Å². The minimum atomic E-state index is -0.842. The van der Waals surface area contributed by atoms with Gasteiger partial charge in [0.2, 0.25) is 0 Å². The summed E-state index contributed by atoms with van der Waals surface area (Å²) in [5.74, 6) is -0.199. The Balaban J connectivity index is 2.03. The molecule has 0 saturated heterocycles. The Kier molecular flexibility index (Phi) is 4.66. The van der Waals surface area contributed by atoms with E-state index in [2.05, 4.69) is 15.0 Å². The summed E-state index contributed by atoms with van der Waals surface area (Å²) in [5, 5.41) is 0. The number of methoxy groups -OCH3 is 2. The number of rotatable bonds is 5. The first-order valence-electron chi connectivity index (χ1n) is 8.73. The van der Waals surface area contributed by atoms with Crippen LogP contribution in [-0.4, -0.2) is 39.6 Å². The number of carbonyl (C=O) groups excluding carboxylic acids is 1. The lowest BCUT2D eigenvalue weighted by atomic mass is 10.1. The van der Waals surface area contributed by atoms with Gasteiger partial charge in [0.25, 0.3) is 5.91 Å². The Bertz CT molecular complexity index is 1310. The molecule has 2 aromatic carbocycles. The van der Waals surface area contributed by atoms with Gasteiger partial charge in [0, 0.05) is 11.6 Å². The monoisotopic (exact) mass is 409 g/mol. The number of nitrogens with zero attached hydrogens (tertiary/aromatic N) is 3. The summed E-state index contributed by atoms with van der Waals surface area (Å²) < 4.78 is 25.1. The van der Waals surface area contributed by atoms with Gasteiger partial charge in [-0.25, -0.2) is 23.7 Å². The van der Waals surface area contributed by atoms with Gasteiger partial charge >= 0.3 is 5.69 Å². The van der Waals surface area contributed by atoms with Gasteiger partial charge in [-0.05, 0) is 36.4 Å². The molecule has 9 nitrogen and oxygen atoms in total. The third kappa shape index (κ3) is 3.24. The molecule has 2 aromatic heterocycles. The lowest BCUT2D eigenvalue weighted by molar-refractivity contribution is 0.0997. The van der Waals surface area contributed by atoms with E-state index in [0.717, 1.165) is 0 Å². The second-order valence-corrected chi connectivity index (χ2v) is 6.30. The molecule has 0 aliphatic heterocycles. The van der Waals surface area contributed by atoms with Crippen molar-refractivity contribution in [1.29, 1.82) is 0 Å². The second kappa shape index (κ2) is 7.32. The first-order chi connectivity index (χ1) is 14.4. The molecule has 1 amide bonds. The topological polar surface area (TPSA) is 125 Å². The number of hydrogen-bond acceptors (Lipinski definition) is 6. The molecule has 2 heterocycles. The molecule has 0 aliphatic carbocycles. The summed E-state index contributed by atoms with van der Waals surface area (Å²) >= 11 is 0. The highest BCUT2D eigenvalue weighted by Crippen LogP contribution is 2.29. The van der Waals surface area contributed by atoms with E-state index in [1.807, 2.05) is 0 Å². The van der Waals surface area contributed by atoms with E-state index < -0.39 is 17.4 Å². The maximum atomic E-state index is 13.3. The number of halogens is 1. The van der Waals surface area contributed by atoms with Crippen LogP contribution >= 0.6 is 0 Å². The smallest absolute Gasteiger partial charge is 0.332 e. The van der Waals surface area contributed by atoms with Gasteiger partial charge in [0.05, 0.1) is 19.9 Å². The Morgan fingerprint density at radius 3 is 2.27 bits per heavy atom. The summed E-state index contributed by atoms with van der Waals surface area (Å²) in [7, 11) is 2.99. The summed E-state index contributed by atoms with van der Waals surface area (Å²) in [5.41, 5.74) is 5.80. The molecule has 0 aliphatic rings. The highest BCUT2D eigenvalue weighted by atomic mass is 19.1. The Morgan fingerprint density at radius 1 is 1.07 bits per heavy atom. The molecule has 0 fully saturated rings. The molecule has 0 radical (unpaired) electrons. The summed E-state index contributed by atoms with van der Waals surface area (Å²) in [6, 6.07) is 10.2. The molecule has 0 atom stereocenters. The van der Waals surface area contributed by atoms with Crippen LogP contribution in [0.1, 0.15) is 10.5 Å². The van der Waals surface area contributed by atoms with Crippen LogP contribution in [0, 0.1) is 5.82 Å². The van der Waals surface area contributed by atoms with Crippen molar-refractivity contribution in [1.82, 2.24) is 19.5 Å². The SMILES string of the molecule is COc1cc(OC)cc(-c2nc(C(N)=O)c3[nH]c(=O)n(-c4ccc(F)cc4)c3n2)c1. The third-order valence-corrected chi connectivity index (χ3v) is 4.46. The van der Waals surface area contributed by atoms with Gasteiger partial charge in [-0.3, -0.25) is 4.79 Å². The lowest BCUT2D eigenvalue weighted by Gasteiger charge is -2.09. The number of nitrogens with one attached hydrogen (secondary N) is 1. The molecule has 3 N–H and O–H groups in total. The van der Waals surface area contributed by atoms with Crippen molar-refractivity contribution in [2.24, 2.45) is 5.73 Å². The molecule has 152 valence electrons. The highest BCUT2D eigenvalue weighted by Gasteiger charge is 2.21. The highest BCUT2D eigenvalue weighted by molar-refractivity contribution is 6.02. The number of H-pyrrole nitrogens is 1. The first-order valence-corrected chi connectivity index (χ1v) is 8.73. The third-order valence-electron chi connectivity index (χ3n) is 4.46. The molecule has 0 bridgehead atoms. The summed E-state index contributed by atoms with van der Waals surface area (Å²) in [6.07, 6.45) is 0. The number of aromatic nitrogens is 4. The van der Waals surface area contributed by atoms with Gasteiger partial charge in [0.15, 0.2) is 17.2 Å². The number of carbonyl (C=O) groups is 1. The molecule has 0 unspecified atom stereocenters. The van der Waals surface area contributed by atoms with Gasteiger partial charge in [-0.1, -0.05) is 0 Å². The summed E-state index contributed by atoms with van der Waals surface area (Å²) in [4.78, 5) is 35.9. The molecular formula is C20H16FN5O4. The first kappa shape index (κ1) is 19.1. The van der Waals surface area contributed by atoms with Crippen molar-refractivity contribution in [2.45, 2.75) is 0 Å². The van der Waals surface area contributed by atoms with Crippen LogP contribution in [0.2, 0.25) is 0 Å². The molecule has 4 rings (SSSR count). The molecule has 0 spiro atoms. The maximum Gasteiger partial charge on any atom is 0.332 e. The minimum Gasteiger partial charge on any atom is -0.497 e. The molecule has 4 aromatic rings. The number of fused-ring (bicyclic) bond motifs is 1. The average molecular weight is 409 g/mol. The minimum absolute atomic E-state index is 0.0791. The van der Waals surface area contributed by atoms with Crippen molar-refractivity contribution in [3.05, 3.63) is 64.5 Å². The van der Waals surface area contributed by atoms with E-state index in [1.54, 1.807) is 18.2 Å². The van der Waals surface area contributed by atoms with E-state index in [9.17, 15) is 14.0 Å². The second-order valence-electron chi connectivity index (χ2n) is 6.30. The zero-order valence-electron chi connectivity index (χ0n) is 16.0. The van der Waals surface area contributed by atoms with Crippen LogP contribution in [0.25, 0.3) is 28.2 Å². The normalized spacial score (nSPS) is 10.9. The molecule has 0 saturated carbocycles. The fourth-order valence-electron chi connectivity index (χ4n) is 3.06. The Hall–Kier alpha value is -4.21. The Labute approximate surface area is 168 Å². The quantitative estimate of drug-likeness (QED) is 0.520. The molecule has 30 heavy (non-hydrogen) atoms. The predicted molar refractivity (Wildman–Crippen MR) is 107 cm³/mol. The van der Waals surface area contributed by atoms with E-state index in [-0.39, 0.29) is 22.7 Å². The van der Waals surface area contributed by atoms with Crippen LogP contribution in [-0.2, 0) is 0 Å². The van der Waals surface area contributed by atoms with Gasteiger partial charge in [-0.2, -0.15) is 0 Å². The van der Waals surface area contributed by atoms with Crippen LogP contribution < -0.4 is 20.9 Å². The van der Waals surface area contributed by atoms with E-state index in [0.29, 0.717) is 22.7 Å². The summed E-state index contributed by atoms with van der Waals surface area (Å²) in [6.45, 7) is 0. The largest absolute Gasteiger partial charge is 0.497 e. The zero-order valence-corrected chi connectivity index (χ0v) is 16.0. The number of aromatic amines is 1. The van der Waals surface area contributed by atoms with Crippen LogP contribution in [0.15, 0.2) is 47.3 Å². The van der Waals surface area contributed by atoms with Crippen LogP contribution in [0.3, 0.4) is 0 Å². The fraction of sp³-hybridized carbons (Fsp3) is 0.100. The van der Waals surface area contributed by atoms with Gasteiger partial charge in [0.1, 0.15) is 22.8 Å². The molecule has 10 heteroatoms. The Morgan fingerprint density at radius 2 is 1.70 bits per heavy atom. The lowest BCUT2D eigenvalue weighted by Crippen LogP contribution is -2.15. The van der Waals surface area contributed by atoms with Crippen molar-refractivity contribution in [2.75, 3.05) is 14.2 Å². The van der Waals surface area contributed by atoms with Crippen molar-refractivity contribution in [3.63, 3.8) is 0 Å². The van der Waals surface area contributed by atoms with Gasteiger partial charge in [-0.15, -0.1) is 0 Å². The maximum absolute atomic E-state index is 13.3. The number of hydrogen-bond donors (Lipinski definition) is 2. The van der Waals surface area contributed by atoms with Crippen molar-refractivity contribution in [3.8, 4) is 28.6 Å². The standard InChI is InChI=1S/C20H16FN5O4/c1-29-13-7-10(8-14(9-13)30-2)18-23-15(17(22)27)16-19(25-18)26(20(28)24-16)12-5-3-11(21)4-6-12/h3-9H,1-2H3,(H2,22,27)(H,24,28). The number of amides is 1. The fourth-order valence-corrected chi connectivity index (χ4v) is 3.06. The van der Waals surface area contributed by atoms with Crippen molar-refractivity contribution >= 4 is 17.1 Å². The predicted octanol–water partition coefficient (Wildman–Crippen LogP) is 2.03. The van der Waals surface area contributed by atoms with E-state index >= 15 is 0 Å². The van der Waals surface area contributed by atoms with Gasteiger partial charge < -0.3 is 20.2 Å². The number of imidazole rings is 1. The number of primary amides is 1. The van der Waals surface area contributed by atoms with E-state index in [1.165, 1.54) is 43.1 Å². The molecular weight excluding hydrogens is 393 g/mol. The number of ether oxygens (including phenoxy) is 2. The van der Waals surface area contributed by atoms with Crippen LogP contribution in [0.5, 0.6) is 11.5 Å². The number of nitrogens with two attached hydrogens (primary N) is 1. The number of benzene rings is 2.